The highest BCUT2D eigenvalue weighted by Crippen LogP contribution is 2.18. The Bertz CT molecular complexity index is 1660. The third-order valence-electron chi connectivity index (χ3n) is 8.75. The second-order valence-corrected chi connectivity index (χ2v) is 12.6. The molecule has 0 unspecified atom stereocenters. The molecule has 7 N–H and O–H groups in total. The molecule has 0 radical (unpaired) electrons. The van der Waals surface area contributed by atoms with Crippen LogP contribution in [0.25, 0.3) is 0 Å². The molecule has 4 rings (SSSR count). The maximum Gasteiger partial charge on any atom is 0.246 e. The van der Waals surface area contributed by atoms with Crippen LogP contribution in [0.15, 0.2) is 60.7 Å². The van der Waals surface area contributed by atoms with Gasteiger partial charge in [-0.15, -0.1) is 0 Å². The molecule has 276 valence electrons. The third kappa shape index (κ3) is 12.3. The second-order valence-electron chi connectivity index (χ2n) is 12.6. The molecule has 2 aliphatic heterocycles. The number of carbonyl (C=O) groups is 6. The number of hydrogen-bond acceptors (Lipinski definition) is 9. The smallest absolute Gasteiger partial charge is 0.246 e. The molecule has 1 fully saturated rings. The number of hydrogen-bond donors (Lipinski definition) is 6. The van der Waals surface area contributed by atoms with Crippen molar-refractivity contribution in [2.45, 2.75) is 50.7 Å². The largest absolute Gasteiger partial charge is 0.378 e. The number of fused-ring (bicyclic) bond motifs is 3. The van der Waals surface area contributed by atoms with Crippen molar-refractivity contribution in [3.8, 4) is 6.07 Å². The number of ether oxygens (including phenoxy) is 1. The van der Waals surface area contributed by atoms with Gasteiger partial charge in [-0.1, -0.05) is 36.4 Å². The Hall–Kier alpha value is -5.59. The van der Waals surface area contributed by atoms with E-state index in [1.807, 2.05) is 0 Å². The lowest BCUT2D eigenvalue weighted by molar-refractivity contribution is -0.135. The monoisotopic (exact) mass is 714 g/mol. The summed E-state index contributed by atoms with van der Waals surface area (Å²) in [4.78, 5) is 80.7. The highest BCUT2D eigenvalue weighted by molar-refractivity contribution is 5.97. The van der Waals surface area contributed by atoms with Crippen LogP contribution in [0.2, 0.25) is 0 Å². The van der Waals surface area contributed by atoms with E-state index in [-0.39, 0.29) is 58.0 Å². The fourth-order valence-corrected chi connectivity index (χ4v) is 5.94. The number of nitrogens with zero attached hydrogens (tertiary/aromatic N) is 2. The van der Waals surface area contributed by atoms with E-state index < -0.39 is 47.5 Å². The minimum Gasteiger partial charge on any atom is -0.378 e. The predicted octanol–water partition coefficient (Wildman–Crippen LogP) is -0.665. The van der Waals surface area contributed by atoms with Gasteiger partial charge in [0.2, 0.25) is 35.4 Å². The van der Waals surface area contributed by atoms with Crippen LogP contribution in [0.1, 0.15) is 41.5 Å². The first kappa shape index (κ1) is 39.2. The van der Waals surface area contributed by atoms with Crippen molar-refractivity contribution in [2.75, 3.05) is 45.9 Å². The first-order chi connectivity index (χ1) is 25.2. The lowest BCUT2D eigenvalue weighted by Gasteiger charge is -2.32. The average Bonchev–Trinajstić information content (AvgIpc) is 3.15. The lowest BCUT2D eigenvalue weighted by Crippen LogP contribution is -2.52. The maximum absolute atomic E-state index is 13.7. The van der Waals surface area contributed by atoms with E-state index in [0.29, 0.717) is 49.2 Å². The van der Waals surface area contributed by atoms with E-state index >= 15 is 0 Å². The first-order valence-electron chi connectivity index (χ1n) is 17.4. The number of carbonyl (C=O) groups excluding carboxylic acids is 6. The molecule has 15 heteroatoms. The van der Waals surface area contributed by atoms with Gasteiger partial charge in [0, 0.05) is 57.8 Å². The molecule has 15 nitrogen and oxygen atoms in total. The minimum absolute atomic E-state index is 0.0254. The molecule has 1 saturated heterocycles. The zero-order valence-electron chi connectivity index (χ0n) is 29.0. The number of rotatable bonds is 8. The van der Waals surface area contributed by atoms with E-state index in [1.54, 1.807) is 48.5 Å². The highest BCUT2D eigenvalue weighted by Gasteiger charge is 2.31. The Morgan fingerprint density at radius 2 is 1.71 bits per heavy atom. The maximum atomic E-state index is 13.7. The van der Waals surface area contributed by atoms with Gasteiger partial charge in [-0.2, -0.15) is 5.26 Å². The SMILES string of the molecule is N#Cc1ccc(C[C@@H]2NC(=O)[C@@H]3CCCN(C3)C(=O)/C=C/C(=O)NCC[C@@H](C(=O)NCCOCCN)NC(=O)Cc3ccccc3CNC2=O)cc1. The fourth-order valence-electron chi connectivity index (χ4n) is 5.94. The summed E-state index contributed by atoms with van der Waals surface area (Å²) in [5.74, 6) is -3.34. The fraction of sp³-hybridized carbons (Fsp3) is 0.432. The summed E-state index contributed by atoms with van der Waals surface area (Å²) in [7, 11) is 0. The van der Waals surface area contributed by atoms with Crippen LogP contribution in [-0.2, 0) is 52.9 Å². The molecule has 0 spiro atoms. The number of nitrogens with one attached hydrogen (secondary N) is 5. The quantitative estimate of drug-likeness (QED) is 0.191. The Morgan fingerprint density at radius 1 is 0.942 bits per heavy atom. The van der Waals surface area contributed by atoms with Gasteiger partial charge in [-0.25, -0.2) is 0 Å². The summed E-state index contributed by atoms with van der Waals surface area (Å²) in [6.45, 7) is 1.69. The molecule has 6 amide bonds. The Morgan fingerprint density at radius 3 is 2.46 bits per heavy atom. The van der Waals surface area contributed by atoms with Crippen molar-refractivity contribution in [3.63, 3.8) is 0 Å². The van der Waals surface area contributed by atoms with Gasteiger partial charge in [-0.3, -0.25) is 28.8 Å². The van der Waals surface area contributed by atoms with Gasteiger partial charge in [0.15, 0.2) is 0 Å². The van der Waals surface area contributed by atoms with E-state index in [1.165, 1.54) is 4.90 Å². The molecule has 2 heterocycles. The molecule has 2 bridgehead atoms. The van der Waals surface area contributed by atoms with Crippen molar-refractivity contribution >= 4 is 35.4 Å². The summed E-state index contributed by atoms with van der Waals surface area (Å²) in [6, 6.07) is 13.9. The number of benzene rings is 2. The van der Waals surface area contributed by atoms with Crippen LogP contribution in [0, 0.1) is 17.2 Å². The van der Waals surface area contributed by atoms with Crippen LogP contribution in [0.3, 0.4) is 0 Å². The second kappa shape index (κ2) is 20.3. The van der Waals surface area contributed by atoms with Gasteiger partial charge in [0.05, 0.1) is 37.2 Å². The van der Waals surface area contributed by atoms with E-state index in [9.17, 15) is 34.0 Å². The molecule has 2 aromatic rings. The molecule has 52 heavy (non-hydrogen) atoms. The zero-order valence-corrected chi connectivity index (χ0v) is 29.0. The van der Waals surface area contributed by atoms with E-state index in [0.717, 1.165) is 17.7 Å². The average molecular weight is 715 g/mol. The minimum atomic E-state index is -0.991. The Kier molecular flexibility index (Phi) is 15.3. The Balaban J connectivity index is 1.57. The molecule has 2 aromatic carbocycles. The highest BCUT2D eigenvalue weighted by atomic mass is 16.5. The summed E-state index contributed by atoms with van der Waals surface area (Å²) in [6.07, 6.45) is 3.40. The lowest BCUT2D eigenvalue weighted by atomic mass is 9.95. The molecule has 0 aromatic heterocycles. The molecule has 0 saturated carbocycles. The summed E-state index contributed by atoms with van der Waals surface area (Å²) in [5, 5.41) is 23.1. The van der Waals surface area contributed by atoms with Crippen LogP contribution in [-0.4, -0.2) is 98.4 Å². The third-order valence-corrected chi connectivity index (χ3v) is 8.75. The van der Waals surface area contributed by atoms with Gasteiger partial charge >= 0.3 is 0 Å². The van der Waals surface area contributed by atoms with Crippen LogP contribution < -0.4 is 32.3 Å². The van der Waals surface area contributed by atoms with Crippen molar-refractivity contribution < 1.29 is 33.5 Å². The Labute approximate surface area is 302 Å². The number of nitriles is 1. The van der Waals surface area contributed by atoms with Crippen molar-refractivity contribution in [1.82, 2.24) is 31.5 Å². The summed E-state index contributed by atoms with van der Waals surface area (Å²) >= 11 is 0. The molecular weight excluding hydrogens is 668 g/mol. The number of nitrogens with two attached hydrogens (primary N) is 1. The van der Waals surface area contributed by atoms with Crippen LogP contribution in [0.5, 0.6) is 0 Å². The molecular formula is C37H46N8O7. The standard InChI is InChI=1S/C37H46N8O7/c38-14-18-52-19-16-41-36(50)30-13-15-40-32(46)11-12-34(48)45-17-3-6-29(24-45)35(49)44-31(20-25-7-9-26(22-39)10-8-25)37(51)42-23-28-5-2-1-4-27(28)21-33(47)43-30/h1-2,4-5,7-12,29-31H,3,6,13-21,23-24,38H2,(H,40,46)(H,41,50)(H,42,51)(H,43,47)(H,44,49)/b12-11+/t29-,30+,31+/m1/s1. The molecule has 0 aliphatic carbocycles. The number of piperidine rings is 1. The van der Waals surface area contributed by atoms with E-state index in [2.05, 4.69) is 32.7 Å². The van der Waals surface area contributed by atoms with Crippen molar-refractivity contribution in [3.05, 3.63) is 82.9 Å². The molecule has 3 atom stereocenters. The predicted molar refractivity (Wildman–Crippen MR) is 190 cm³/mol. The van der Waals surface area contributed by atoms with Gasteiger partial charge in [0.25, 0.3) is 0 Å². The summed E-state index contributed by atoms with van der Waals surface area (Å²) in [5.41, 5.74) is 7.90. The normalized spacial score (nSPS) is 21.4. The van der Waals surface area contributed by atoms with Crippen LogP contribution in [0.4, 0.5) is 0 Å². The van der Waals surface area contributed by atoms with Crippen molar-refractivity contribution in [2.24, 2.45) is 11.7 Å². The summed E-state index contributed by atoms with van der Waals surface area (Å²) < 4.78 is 5.31. The topological polar surface area (TPSA) is 225 Å². The van der Waals surface area contributed by atoms with Crippen molar-refractivity contribution in [1.29, 1.82) is 5.26 Å². The van der Waals surface area contributed by atoms with Crippen LogP contribution >= 0.6 is 0 Å². The molecule has 2 aliphatic rings. The van der Waals surface area contributed by atoms with Gasteiger partial charge < -0.3 is 42.0 Å². The first-order valence-corrected chi connectivity index (χ1v) is 17.4. The zero-order chi connectivity index (χ0) is 37.3. The van der Waals surface area contributed by atoms with E-state index in [4.69, 9.17) is 10.5 Å². The van der Waals surface area contributed by atoms with Gasteiger partial charge in [-0.05, 0) is 48.1 Å². The van der Waals surface area contributed by atoms with Gasteiger partial charge in [0.1, 0.15) is 12.1 Å². The number of amides is 6.